The molecule has 3 amide bonds. The zero-order chi connectivity index (χ0) is 25.8. The average molecular weight is 515 g/mol. The lowest BCUT2D eigenvalue weighted by Crippen LogP contribution is -2.32. The van der Waals surface area contributed by atoms with Crippen molar-refractivity contribution in [1.82, 2.24) is 10.4 Å². The molecule has 204 valence electrons. The van der Waals surface area contributed by atoms with Gasteiger partial charge in [-0.15, -0.1) is 5.06 Å². The van der Waals surface area contributed by atoms with Gasteiger partial charge in [0.1, 0.15) is 6.10 Å². The van der Waals surface area contributed by atoms with Crippen molar-refractivity contribution in [2.75, 3.05) is 59.4 Å². The Bertz CT molecular complexity index is 699. The van der Waals surface area contributed by atoms with Crippen molar-refractivity contribution in [3.63, 3.8) is 0 Å². The summed E-state index contributed by atoms with van der Waals surface area (Å²) in [7, 11) is 0. The number of allylic oxidation sites excluding steroid dienone is 1. The number of imide groups is 1. The van der Waals surface area contributed by atoms with Crippen molar-refractivity contribution in [3.05, 3.63) is 12.2 Å². The zero-order valence-electron chi connectivity index (χ0n) is 20.8. The van der Waals surface area contributed by atoms with Gasteiger partial charge in [0, 0.05) is 19.4 Å². The number of ether oxygens (including phenoxy) is 5. The van der Waals surface area contributed by atoms with E-state index in [2.05, 4.69) is 11.4 Å². The van der Waals surface area contributed by atoms with Crippen molar-refractivity contribution in [1.29, 1.82) is 0 Å². The van der Waals surface area contributed by atoms with Crippen molar-refractivity contribution in [2.24, 2.45) is 0 Å². The molecule has 12 heteroatoms. The van der Waals surface area contributed by atoms with Crippen molar-refractivity contribution < 1.29 is 47.7 Å². The molecule has 2 rings (SSSR count). The third-order valence-corrected chi connectivity index (χ3v) is 5.25. The number of carbonyl (C=O) groups is 4. The third kappa shape index (κ3) is 13.5. The van der Waals surface area contributed by atoms with Crippen LogP contribution in [0, 0.1) is 0 Å². The number of carbonyl (C=O) groups excluding carboxylic acids is 4. The summed E-state index contributed by atoms with van der Waals surface area (Å²) in [6.07, 6.45) is 8.82. The fraction of sp³-hybridized carbons (Fsp3) is 0.750. The molecular formula is C24H38N2O10. The molecule has 1 heterocycles. The van der Waals surface area contributed by atoms with Gasteiger partial charge < -0.3 is 33.8 Å². The van der Waals surface area contributed by atoms with E-state index < -0.39 is 23.9 Å². The van der Waals surface area contributed by atoms with E-state index in [0.29, 0.717) is 51.2 Å². The highest BCUT2D eigenvalue weighted by molar-refractivity contribution is 6.01. The van der Waals surface area contributed by atoms with Gasteiger partial charge >= 0.3 is 12.1 Å². The summed E-state index contributed by atoms with van der Waals surface area (Å²) < 4.78 is 26.8. The first-order valence-corrected chi connectivity index (χ1v) is 12.5. The lowest BCUT2D eigenvalue weighted by Gasteiger charge is -2.16. The van der Waals surface area contributed by atoms with Crippen LogP contribution < -0.4 is 5.32 Å². The van der Waals surface area contributed by atoms with E-state index in [9.17, 15) is 19.2 Å². The monoisotopic (exact) mass is 514 g/mol. The zero-order valence-corrected chi connectivity index (χ0v) is 20.8. The molecule has 36 heavy (non-hydrogen) atoms. The molecule has 1 saturated heterocycles. The molecule has 1 aliphatic carbocycles. The smallest absolute Gasteiger partial charge is 0.407 e. The molecule has 0 saturated carbocycles. The van der Waals surface area contributed by atoms with Crippen molar-refractivity contribution >= 4 is 23.9 Å². The molecule has 2 aliphatic rings. The first-order chi connectivity index (χ1) is 17.6. The number of amides is 3. The van der Waals surface area contributed by atoms with Crippen LogP contribution in [0.2, 0.25) is 0 Å². The SMILES string of the molecule is O=C(CCOCCOCCOCCOCCNC(=O)O[C@@H]1/C=C/CCCCC1)ON1C(=O)CCC1=O. The van der Waals surface area contributed by atoms with Crippen molar-refractivity contribution in [3.8, 4) is 0 Å². The van der Waals surface area contributed by atoms with E-state index in [1.165, 1.54) is 6.42 Å². The number of nitrogens with one attached hydrogen (secondary N) is 1. The van der Waals surface area contributed by atoms with Gasteiger partial charge in [0.25, 0.3) is 11.8 Å². The van der Waals surface area contributed by atoms with Crippen molar-refractivity contribution in [2.45, 2.75) is 57.5 Å². The van der Waals surface area contributed by atoms with E-state index in [-0.39, 0.29) is 38.6 Å². The molecule has 1 fully saturated rings. The molecule has 0 aromatic rings. The molecule has 1 N–H and O–H groups in total. The minimum absolute atomic E-state index is 0.0603. The maximum absolute atomic E-state index is 11.8. The van der Waals surface area contributed by atoms with Crippen LogP contribution in [-0.2, 0) is 42.9 Å². The summed E-state index contributed by atoms with van der Waals surface area (Å²) in [4.78, 5) is 50.9. The second kappa shape index (κ2) is 18.7. The van der Waals surface area contributed by atoms with Crippen LogP contribution in [0.15, 0.2) is 12.2 Å². The minimum Gasteiger partial charge on any atom is -0.442 e. The standard InChI is InChI=1S/C24H38N2O10/c27-21-8-9-22(28)26(21)36-23(29)10-12-31-14-16-33-18-19-34-17-15-32-13-11-25-24(30)35-20-6-4-2-1-3-5-7-20/h4,6,20H,1-3,5,7-19H2,(H,25,30)/b6-4+/t20-/m1/s1. The van der Waals surface area contributed by atoms with E-state index in [1.807, 2.05) is 6.08 Å². The Morgan fingerprint density at radius 3 is 2.11 bits per heavy atom. The third-order valence-electron chi connectivity index (χ3n) is 5.25. The van der Waals surface area contributed by atoms with Gasteiger partial charge in [-0.1, -0.05) is 12.5 Å². The summed E-state index contributed by atoms with van der Waals surface area (Å²) >= 11 is 0. The van der Waals surface area contributed by atoms with Crippen LogP contribution >= 0.6 is 0 Å². The van der Waals surface area contributed by atoms with Gasteiger partial charge in [-0.2, -0.15) is 0 Å². The average Bonchev–Trinajstić information content (AvgIpc) is 3.15. The second-order valence-electron chi connectivity index (χ2n) is 8.18. The highest BCUT2D eigenvalue weighted by Gasteiger charge is 2.32. The Labute approximate surface area is 211 Å². The second-order valence-corrected chi connectivity index (χ2v) is 8.18. The summed E-state index contributed by atoms with van der Waals surface area (Å²) in [5.41, 5.74) is 0. The quantitative estimate of drug-likeness (QED) is 0.173. The van der Waals surface area contributed by atoms with Gasteiger partial charge in [0.05, 0.1) is 59.3 Å². The summed E-state index contributed by atoms with van der Waals surface area (Å²) in [5.74, 6) is -1.72. The Morgan fingerprint density at radius 1 is 0.833 bits per heavy atom. The highest BCUT2D eigenvalue weighted by Crippen LogP contribution is 2.14. The minimum atomic E-state index is -0.701. The maximum atomic E-state index is 11.8. The van der Waals surface area contributed by atoms with Crippen LogP contribution in [0.4, 0.5) is 4.79 Å². The Balaban J connectivity index is 1.30. The Hall–Kier alpha value is -2.54. The number of hydrogen-bond acceptors (Lipinski definition) is 10. The molecule has 0 radical (unpaired) electrons. The van der Waals surface area contributed by atoms with Gasteiger partial charge in [0.15, 0.2) is 0 Å². The molecule has 0 bridgehead atoms. The van der Waals surface area contributed by atoms with Gasteiger partial charge in [-0.3, -0.25) is 9.59 Å². The molecule has 1 aliphatic heterocycles. The first kappa shape index (κ1) is 29.7. The fourth-order valence-electron chi connectivity index (χ4n) is 3.35. The van der Waals surface area contributed by atoms with Crippen LogP contribution in [-0.4, -0.2) is 94.4 Å². The number of hydroxylamine groups is 2. The number of hydrogen-bond donors (Lipinski definition) is 1. The summed E-state index contributed by atoms with van der Waals surface area (Å²) in [6, 6.07) is 0. The van der Waals surface area contributed by atoms with Crippen LogP contribution in [0.25, 0.3) is 0 Å². The lowest BCUT2D eigenvalue weighted by molar-refractivity contribution is -0.198. The Morgan fingerprint density at radius 2 is 1.44 bits per heavy atom. The molecule has 0 unspecified atom stereocenters. The molecular weight excluding hydrogens is 476 g/mol. The Kier molecular flexibility index (Phi) is 15.4. The maximum Gasteiger partial charge on any atom is 0.407 e. The molecule has 12 nitrogen and oxygen atoms in total. The fourth-order valence-corrected chi connectivity index (χ4v) is 3.35. The normalized spacial score (nSPS) is 19.0. The van der Waals surface area contributed by atoms with Crippen LogP contribution in [0.5, 0.6) is 0 Å². The number of alkyl carbamates (subject to hydrolysis) is 1. The van der Waals surface area contributed by atoms with E-state index in [4.69, 9.17) is 28.5 Å². The van der Waals surface area contributed by atoms with E-state index in [1.54, 1.807) is 0 Å². The largest absolute Gasteiger partial charge is 0.442 e. The number of rotatable bonds is 17. The predicted octanol–water partition coefficient (Wildman–Crippen LogP) is 1.67. The van der Waals surface area contributed by atoms with Crippen LogP contribution in [0.1, 0.15) is 51.4 Å². The summed E-state index contributed by atoms with van der Waals surface area (Å²) in [6.45, 7) is 3.02. The van der Waals surface area contributed by atoms with Gasteiger partial charge in [-0.25, -0.2) is 9.59 Å². The van der Waals surface area contributed by atoms with Gasteiger partial charge in [0.2, 0.25) is 0 Å². The lowest BCUT2D eigenvalue weighted by atomic mass is 10.0. The number of nitrogens with zero attached hydrogens (tertiary/aromatic N) is 1. The molecule has 0 spiro atoms. The molecule has 0 aromatic carbocycles. The van der Waals surface area contributed by atoms with Gasteiger partial charge in [-0.05, 0) is 31.8 Å². The summed E-state index contributed by atoms with van der Waals surface area (Å²) in [5, 5.41) is 3.20. The molecule has 1 atom stereocenters. The van der Waals surface area contributed by atoms with E-state index >= 15 is 0 Å². The molecule has 0 aromatic heterocycles. The first-order valence-electron chi connectivity index (χ1n) is 12.5. The van der Waals surface area contributed by atoms with E-state index in [0.717, 1.165) is 25.7 Å². The predicted molar refractivity (Wildman–Crippen MR) is 126 cm³/mol. The highest BCUT2D eigenvalue weighted by atomic mass is 16.7. The van der Waals surface area contributed by atoms with Crippen LogP contribution in [0.3, 0.4) is 0 Å². The topological polar surface area (TPSA) is 139 Å².